The van der Waals surface area contributed by atoms with Gasteiger partial charge in [0.2, 0.25) is 0 Å². The fraction of sp³-hybridized carbons (Fsp3) is 1.00. The Hall–Kier alpha value is 0.0499. The summed E-state index contributed by atoms with van der Waals surface area (Å²) < 4.78 is 10.5. The Kier molecular flexibility index (Phi) is 24.2. The number of hydrogen-bond acceptors (Lipinski definition) is 2. The minimum absolute atomic E-state index is 0.523. The van der Waals surface area contributed by atoms with Crippen molar-refractivity contribution in [3.05, 3.63) is 0 Å². The fourth-order valence-electron chi connectivity index (χ4n) is 2.72. The highest BCUT2D eigenvalue weighted by Crippen LogP contribution is 2.14. The standard InChI is InChI=1S/C10H22O.C9H19B2O/c1-4-6-8-10(11-3)9-7-5-2;1-3-5-9(8-12-2)6-4-7-11-10/h10H,4-9H2,1-3H3;9H,3-8H2,1-2H3. The van der Waals surface area contributed by atoms with E-state index in [2.05, 4.69) is 20.8 Å². The normalized spacial score (nSPS) is 11.9. The molecule has 1 unspecified atom stereocenters. The zero-order valence-corrected chi connectivity index (χ0v) is 16.6. The molecule has 4 heteroatoms. The van der Waals surface area contributed by atoms with Gasteiger partial charge in [-0.2, -0.15) is 0 Å². The molecule has 0 N–H and O–H groups in total. The molecule has 0 saturated carbocycles. The largest absolute Gasteiger partial charge is 0.384 e. The van der Waals surface area contributed by atoms with E-state index in [1.807, 2.05) is 7.11 Å². The zero-order chi connectivity index (χ0) is 17.8. The highest BCUT2D eigenvalue weighted by atomic mass is 16.5. The average molecular weight is 323 g/mol. The zero-order valence-electron chi connectivity index (χ0n) is 16.6. The second kappa shape index (κ2) is 22.0. The molecule has 0 aliphatic carbocycles. The third-order valence-corrected chi connectivity index (χ3v) is 4.18. The minimum Gasteiger partial charge on any atom is -0.384 e. The third kappa shape index (κ3) is 20.0. The van der Waals surface area contributed by atoms with Gasteiger partial charge in [-0.25, -0.2) is 0 Å². The lowest BCUT2D eigenvalue weighted by molar-refractivity contribution is 0.0841. The van der Waals surface area contributed by atoms with E-state index in [0.717, 1.165) is 18.8 Å². The van der Waals surface area contributed by atoms with Gasteiger partial charge in [-0.15, -0.1) is 0 Å². The van der Waals surface area contributed by atoms with E-state index in [-0.39, 0.29) is 0 Å². The van der Waals surface area contributed by atoms with Crippen LogP contribution in [0.25, 0.3) is 0 Å². The number of unbranched alkanes of at least 4 members (excludes halogenated alkanes) is 2. The van der Waals surface area contributed by atoms with Crippen LogP contribution in [0.5, 0.6) is 0 Å². The quantitative estimate of drug-likeness (QED) is 0.296. The van der Waals surface area contributed by atoms with Crippen molar-refractivity contribution in [3.63, 3.8) is 0 Å². The molecule has 23 heavy (non-hydrogen) atoms. The van der Waals surface area contributed by atoms with Gasteiger partial charge >= 0.3 is 0 Å². The van der Waals surface area contributed by atoms with Crippen LogP contribution in [0.2, 0.25) is 6.32 Å². The second-order valence-corrected chi connectivity index (χ2v) is 6.42. The van der Waals surface area contributed by atoms with E-state index in [9.17, 15) is 0 Å². The number of rotatable bonds is 15. The Morgan fingerprint density at radius 1 is 0.826 bits per heavy atom. The van der Waals surface area contributed by atoms with E-state index in [4.69, 9.17) is 17.2 Å². The Morgan fingerprint density at radius 3 is 1.83 bits per heavy atom. The van der Waals surface area contributed by atoms with Crippen LogP contribution >= 0.6 is 0 Å². The summed E-state index contributed by atoms with van der Waals surface area (Å²) in [4.78, 5) is 0. The van der Waals surface area contributed by atoms with Gasteiger partial charge in [-0.05, 0) is 31.6 Å². The highest BCUT2D eigenvalue weighted by Gasteiger charge is 2.06. The number of hydrogen-bond donors (Lipinski definition) is 0. The molecule has 3 radical (unpaired) electrons. The van der Waals surface area contributed by atoms with Gasteiger partial charge in [0.1, 0.15) is 0 Å². The summed E-state index contributed by atoms with van der Waals surface area (Å²) in [6.45, 7) is 7.58. The molecular formula is C19H41B2O2. The Bertz CT molecular complexity index is 190. The first-order chi connectivity index (χ1) is 11.2. The van der Waals surface area contributed by atoms with Crippen LogP contribution in [0.15, 0.2) is 0 Å². The molecule has 0 fully saturated rings. The Morgan fingerprint density at radius 2 is 1.43 bits per heavy atom. The maximum Gasteiger partial charge on any atom is 0.0571 e. The van der Waals surface area contributed by atoms with Crippen molar-refractivity contribution in [2.75, 3.05) is 20.8 Å². The van der Waals surface area contributed by atoms with Crippen LogP contribution in [0.3, 0.4) is 0 Å². The van der Waals surface area contributed by atoms with Gasteiger partial charge in [0.15, 0.2) is 0 Å². The Labute approximate surface area is 149 Å². The summed E-state index contributed by atoms with van der Waals surface area (Å²) in [5.74, 6) is 0.736. The topological polar surface area (TPSA) is 18.5 Å². The monoisotopic (exact) mass is 323 g/mol. The van der Waals surface area contributed by atoms with Crippen LogP contribution in [0.4, 0.5) is 0 Å². The van der Waals surface area contributed by atoms with E-state index in [0.29, 0.717) is 6.10 Å². The number of ether oxygens (including phenoxy) is 2. The Balaban J connectivity index is 0. The molecule has 0 saturated heterocycles. The van der Waals surface area contributed by atoms with Crippen LogP contribution in [0.1, 0.15) is 85.0 Å². The predicted molar refractivity (Wildman–Crippen MR) is 106 cm³/mol. The molecule has 0 spiro atoms. The summed E-state index contributed by atoms with van der Waals surface area (Å²) in [6, 6.07) is 0. The lowest BCUT2D eigenvalue weighted by atomic mass is 9.53. The molecule has 0 rings (SSSR count). The maximum atomic E-state index is 5.35. The molecule has 0 aromatic rings. The third-order valence-electron chi connectivity index (χ3n) is 4.18. The summed E-state index contributed by atoms with van der Waals surface area (Å²) in [7, 11) is 10.7. The van der Waals surface area contributed by atoms with E-state index >= 15 is 0 Å². The van der Waals surface area contributed by atoms with Crippen LogP contribution in [-0.4, -0.2) is 41.8 Å². The van der Waals surface area contributed by atoms with Crippen LogP contribution in [-0.2, 0) is 9.47 Å². The molecule has 0 bridgehead atoms. The average Bonchev–Trinajstić information content (AvgIpc) is 2.56. The van der Waals surface area contributed by atoms with Gasteiger partial charge in [-0.1, -0.05) is 65.6 Å². The van der Waals surface area contributed by atoms with Crippen LogP contribution in [0, 0.1) is 5.92 Å². The fourth-order valence-corrected chi connectivity index (χ4v) is 2.72. The van der Waals surface area contributed by atoms with Crippen molar-refractivity contribution in [3.8, 4) is 0 Å². The molecule has 1 atom stereocenters. The molecule has 0 aromatic carbocycles. The first-order valence-electron chi connectivity index (χ1n) is 9.75. The molecule has 0 aliphatic rings. The van der Waals surface area contributed by atoms with Crippen molar-refractivity contribution in [1.82, 2.24) is 0 Å². The highest BCUT2D eigenvalue weighted by molar-refractivity contribution is 6.89. The van der Waals surface area contributed by atoms with Crippen molar-refractivity contribution < 1.29 is 9.47 Å². The summed E-state index contributed by atoms with van der Waals surface area (Å²) in [6.07, 6.45) is 14.2. The molecule has 2 nitrogen and oxygen atoms in total. The van der Waals surface area contributed by atoms with E-state index in [1.54, 1.807) is 14.3 Å². The molecule has 0 amide bonds. The van der Waals surface area contributed by atoms with Gasteiger partial charge < -0.3 is 9.47 Å². The minimum atomic E-state index is 0.523. The molecule has 0 aromatic heterocycles. The first kappa shape index (κ1) is 25.3. The molecule has 0 heterocycles. The maximum absolute atomic E-state index is 5.35. The lowest BCUT2D eigenvalue weighted by Crippen LogP contribution is -2.09. The lowest BCUT2D eigenvalue weighted by Gasteiger charge is -2.14. The molecule has 0 aliphatic heterocycles. The summed E-state index contributed by atoms with van der Waals surface area (Å²) in [5.41, 5.74) is 0. The van der Waals surface area contributed by atoms with Crippen molar-refractivity contribution in [1.29, 1.82) is 0 Å². The summed E-state index contributed by atoms with van der Waals surface area (Å²) >= 11 is 0. The van der Waals surface area contributed by atoms with Gasteiger partial charge in [-0.3, -0.25) is 0 Å². The smallest absolute Gasteiger partial charge is 0.0571 e. The van der Waals surface area contributed by atoms with Crippen molar-refractivity contribution in [2.45, 2.75) is 97.4 Å². The second-order valence-electron chi connectivity index (χ2n) is 6.42. The van der Waals surface area contributed by atoms with E-state index in [1.165, 1.54) is 64.2 Å². The van der Waals surface area contributed by atoms with Crippen molar-refractivity contribution in [2.24, 2.45) is 5.92 Å². The van der Waals surface area contributed by atoms with Gasteiger partial charge in [0, 0.05) is 28.6 Å². The van der Waals surface area contributed by atoms with Gasteiger partial charge in [0.05, 0.1) is 13.3 Å². The van der Waals surface area contributed by atoms with Crippen LogP contribution < -0.4 is 0 Å². The SMILES string of the molecule is CCCCC(CCCC)OC.[B][B]CCCC(CCC)COC. The molecular weight excluding hydrogens is 282 g/mol. The van der Waals surface area contributed by atoms with Crippen molar-refractivity contribution >= 4 is 14.9 Å². The van der Waals surface area contributed by atoms with Gasteiger partial charge in [0.25, 0.3) is 0 Å². The van der Waals surface area contributed by atoms with E-state index < -0.39 is 0 Å². The molecule has 135 valence electrons. The summed E-state index contributed by atoms with van der Waals surface area (Å²) in [5, 5.41) is 0. The number of methoxy groups -OCH3 is 2. The first-order valence-corrected chi connectivity index (χ1v) is 9.75. The predicted octanol–water partition coefficient (Wildman–Crippen LogP) is 5.42.